The molecular weight excluding hydrogens is 977 g/mol. The number of nitrogens with zero attached hydrogens (tertiary/aromatic N) is 6. The normalized spacial score (nSPS) is 17.6. The van der Waals surface area contributed by atoms with E-state index in [0.29, 0.717) is 0 Å². The maximum absolute atomic E-state index is 6.16. The highest BCUT2D eigenvalue weighted by molar-refractivity contribution is 6.42. The van der Waals surface area contributed by atoms with E-state index >= 15 is 0 Å². The second-order valence-corrected chi connectivity index (χ2v) is 30.8. The first kappa shape index (κ1) is 50.0. The lowest BCUT2D eigenvalue weighted by Crippen LogP contribution is -2.40. The lowest BCUT2D eigenvalue weighted by molar-refractivity contribution is 0.319. The van der Waals surface area contributed by atoms with Gasteiger partial charge in [0.25, 0.3) is 0 Å². The van der Waals surface area contributed by atoms with Crippen LogP contribution >= 0.6 is 0 Å². The quantitative estimate of drug-likeness (QED) is 0.114. The topological polar surface area (TPSA) is 101 Å². The molecule has 0 aliphatic carbocycles. The molecule has 2 N–H and O–H groups in total. The zero-order valence-corrected chi connectivity index (χ0v) is 50.6. The Morgan fingerprint density at radius 3 is 0.575 bits per heavy atom. The molecule has 0 saturated carbocycles. The molecule has 15 rings (SSSR count). The van der Waals surface area contributed by atoms with Crippen LogP contribution in [-0.4, -0.2) is 29.9 Å². The molecule has 0 unspecified atom stereocenters. The minimum absolute atomic E-state index is 0.198. The number of fused-ring (bicyclic) bond motifs is 16. The maximum Gasteiger partial charge on any atom is 0.0980 e. The van der Waals surface area contributed by atoms with E-state index in [0.717, 1.165) is 109 Å². The highest BCUT2D eigenvalue weighted by atomic mass is 15.1. The fourth-order valence-corrected chi connectivity index (χ4v) is 14.9. The van der Waals surface area contributed by atoms with Crippen LogP contribution in [0.2, 0.25) is 0 Å². The molecule has 5 heterocycles. The zero-order valence-electron chi connectivity index (χ0n) is 50.6. The minimum Gasteiger partial charge on any atom is -0.299 e. The fourth-order valence-electron chi connectivity index (χ4n) is 14.9. The van der Waals surface area contributed by atoms with Crippen molar-refractivity contribution in [1.82, 2.24) is 40.5 Å². The van der Waals surface area contributed by atoms with E-state index in [9.17, 15) is 0 Å². The van der Waals surface area contributed by atoms with Crippen molar-refractivity contribution in [3.63, 3.8) is 0 Å². The molecule has 13 aromatic rings. The molecule has 0 atom stereocenters. The Morgan fingerprint density at radius 1 is 0.250 bits per heavy atom. The molecule has 402 valence electrons. The first-order valence-electron chi connectivity index (χ1n) is 29.1. The number of aromatic nitrogens is 6. The van der Waals surface area contributed by atoms with Gasteiger partial charge in [-0.2, -0.15) is 0 Å². The van der Waals surface area contributed by atoms with E-state index in [2.05, 4.69) is 222 Å². The molecule has 0 fully saturated rings. The van der Waals surface area contributed by atoms with Gasteiger partial charge >= 0.3 is 0 Å². The van der Waals surface area contributed by atoms with Gasteiger partial charge in [0.15, 0.2) is 0 Å². The Hall–Kier alpha value is -7.00. The Morgan fingerprint density at radius 2 is 0.412 bits per heavy atom. The average Bonchev–Trinajstić information content (AvgIpc) is 3.64. The van der Waals surface area contributed by atoms with Crippen LogP contribution in [-0.2, 0) is 43.8 Å². The predicted molar refractivity (Wildman–Crippen MR) is 339 cm³/mol. The van der Waals surface area contributed by atoms with Crippen LogP contribution in [0.3, 0.4) is 0 Å². The van der Waals surface area contributed by atoms with Crippen molar-refractivity contribution in [3.05, 3.63) is 117 Å². The summed E-state index contributed by atoms with van der Waals surface area (Å²) in [4.78, 5) is 35.3. The summed E-state index contributed by atoms with van der Waals surface area (Å²) in [5.41, 5.74) is 19.2. The summed E-state index contributed by atoms with van der Waals surface area (Å²) in [5.74, 6) is 0. The van der Waals surface area contributed by atoms with E-state index in [1.54, 1.807) is 0 Å². The monoisotopic (exact) mass is 1050 g/mol. The van der Waals surface area contributed by atoms with Gasteiger partial charge in [0, 0.05) is 86.8 Å². The number of benzene rings is 10. The molecule has 0 saturated heterocycles. The Labute approximate surface area is 468 Å². The third-order valence-electron chi connectivity index (χ3n) is 19.0. The molecule has 0 bridgehead atoms. The van der Waals surface area contributed by atoms with Crippen LogP contribution in [0.1, 0.15) is 183 Å². The molecule has 80 heavy (non-hydrogen) atoms. The highest BCUT2D eigenvalue weighted by Gasteiger charge is 2.43. The lowest BCUT2D eigenvalue weighted by Gasteiger charge is -2.26. The average molecular weight is 1050 g/mol. The van der Waals surface area contributed by atoms with Crippen molar-refractivity contribution in [2.24, 2.45) is 0 Å². The van der Waals surface area contributed by atoms with Crippen molar-refractivity contribution >= 4 is 131 Å². The lowest BCUT2D eigenvalue weighted by atomic mass is 9.79. The molecule has 0 spiro atoms. The van der Waals surface area contributed by atoms with Gasteiger partial charge < -0.3 is 0 Å². The van der Waals surface area contributed by atoms with Gasteiger partial charge in [-0.1, -0.05) is 83.1 Å². The second kappa shape index (κ2) is 14.7. The van der Waals surface area contributed by atoms with Crippen LogP contribution in [0.25, 0.3) is 131 Å². The zero-order chi connectivity index (χ0) is 56.6. The Balaban J connectivity index is 1.18. The third kappa shape index (κ3) is 6.63. The molecular formula is C72H74N8. The summed E-state index contributed by atoms with van der Waals surface area (Å²) < 4.78 is 0. The first-order chi connectivity index (χ1) is 37.1. The summed E-state index contributed by atoms with van der Waals surface area (Å²) >= 11 is 0. The van der Waals surface area contributed by atoms with E-state index < -0.39 is 0 Å². The number of hydrogen-bond acceptors (Lipinski definition) is 8. The number of hydrogen-bond donors (Lipinski definition) is 2. The molecule has 10 aromatic carbocycles. The summed E-state index contributed by atoms with van der Waals surface area (Å²) in [5, 5.41) is 21.2. The maximum atomic E-state index is 6.16. The summed E-state index contributed by atoms with van der Waals surface area (Å²) in [6, 6.07) is 28.5. The van der Waals surface area contributed by atoms with Gasteiger partial charge in [0.2, 0.25) is 0 Å². The van der Waals surface area contributed by atoms with Crippen LogP contribution in [0.5, 0.6) is 0 Å². The molecule has 3 aromatic heterocycles. The SMILES string of the molecule is CC(C)(C)c1cc2c3nc4cc5c(cc4nc3c3cc(C(C)(C)C)cc4c6nc7c8cc(C(C)(C)C)cc9c%10nc%11cc%12c(cc%11nc%10c%10cc(C(C)(C)C)cc(c7nc6c(c1)c2c34)c%10c98)C(C)(C)NC%12(C)C)C(C)(C)NC5(C)C. The number of nitrogens with one attached hydrogen (secondary N) is 2. The molecule has 2 aliphatic rings. The molecule has 8 heteroatoms. The predicted octanol–water partition coefficient (Wildman–Crippen LogP) is 18.1. The summed E-state index contributed by atoms with van der Waals surface area (Å²) in [7, 11) is 0. The van der Waals surface area contributed by atoms with Crippen LogP contribution in [0.4, 0.5) is 0 Å². The van der Waals surface area contributed by atoms with Gasteiger partial charge in [0.1, 0.15) is 0 Å². The smallest absolute Gasteiger partial charge is 0.0980 e. The number of rotatable bonds is 0. The van der Waals surface area contributed by atoms with Gasteiger partial charge in [-0.05, 0) is 194 Å². The third-order valence-corrected chi connectivity index (χ3v) is 19.0. The molecule has 0 amide bonds. The van der Waals surface area contributed by atoms with Crippen LogP contribution in [0, 0.1) is 0 Å². The van der Waals surface area contributed by atoms with E-state index in [4.69, 9.17) is 29.9 Å². The summed E-state index contributed by atoms with van der Waals surface area (Å²) in [6.45, 7) is 46.0. The summed E-state index contributed by atoms with van der Waals surface area (Å²) in [6.07, 6.45) is 0. The van der Waals surface area contributed by atoms with E-state index in [1.165, 1.54) is 66.1 Å². The van der Waals surface area contributed by atoms with Gasteiger partial charge in [-0.15, -0.1) is 0 Å². The van der Waals surface area contributed by atoms with Crippen molar-refractivity contribution in [2.75, 3.05) is 0 Å². The highest BCUT2D eigenvalue weighted by Crippen LogP contribution is 2.52. The second-order valence-electron chi connectivity index (χ2n) is 30.8. The van der Waals surface area contributed by atoms with Crippen molar-refractivity contribution in [1.29, 1.82) is 0 Å². The molecule has 2 aliphatic heterocycles. The Kier molecular flexibility index (Phi) is 9.20. The molecule has 0 radical (unpaired) electrons. The minimum atomic E-state index is -0.221. The van der Waals surface area contributed by atoms with Crippen molar-refractivity contribution < 1.29 is 0 Å². The Bertz CT molecular complexity index is 4400. The van der Waals surface area contributed by atoms with Crippen molar-refractivity contribution in [3.8, 4) is 0 Å². The largest absolute Gasteiger partial charge is 0.299 e. The standard InChI is InChI=1S/C72H74N8/c1-65(2,3)33-21-37-53-41(25-33)61-62(42-26-34(66(4,5)6)22-38(54(42)53)58-57(37)73-49-29-45-46(30-50(49)74-58)70(15,16)79-69(45,13)14)78-64-44-28-36(68(10,11)12)24-40-56(44)55-39(23-35(67(7,8)9)27-43(55)63(64)77-61)59-60(40)76-52-32-48-47(31-51(52)75-59)71(17,18)80-72(48,19)20/h21-32,79-80H,1-20H3. The van der Waals surface area contributed by atoms with E-state index in [-0.39, 0.29) is 43.8 Å². The first-order valence-corrected chi connectivity index (χ1v) is 29.1. The van der Waals surface area contributed by atoms with Crippen LogP contribution < -0.4 is 10.6 Å². The molecule has 8 nitrogen and oxygen atoms in total. The van der Waals surface area contributed by atoms with Crippen molar-refractivity contribution in [2.45, 2.75) is 182 Å². The van der Waals surface area contributed by atoms with Gasteiger partial charge in [0.05, 0.1) is 66.2 Å². The van der Waals surface area contributed by atoms with Crippen LogP contribution in [0.15, 0.2) is 72.8 Å². The van der Waals surface area contributed by atoms with E-state index in [1.807, 2.05) is 0 Å². The van der Waals surface area contributed by atoms with Gasteiger partial charge in [-0.3, -0.25) is 10.6 Å². The van der Waals surface area contributed by atoms with Gasteiger partial charge in [-0.25, -0.2) is 29.9 Å². The fraction of sp³-hybridized carbons (Fsp3) is 0.389.